The number of carbonyl (C=O) groups excluding carboxylic acids is 1. The Morgan fingerprint density at radius 1 is 1.25 bits per heavy atom. The second-order valence-electron chi connectivity index (χ2n) is 5.28. The SMILES string of the molecule is CC1(C(=O)O)CCN(C(=O)c2ccc(Br)cc2Br)CC1. The zero-order valence-corrected chi connectivity index (χ0v) is 14.2. The van der Waals surface area contributed by atoms with Crippen LogP contribution in [0.3, 0.4) is 0 Å². The molecule has 1 aliphatic heterocycles. The first-order valence-corrected chi connectivity index (χ1v) is 7.90. The van der Waals surface area contributed by atoms with Crippen molar-refractivity contribution in [3.63, 3.8) is 0 Å². The van der Waals surface area contributed by atoms with E-state index in [-0.39, 0.29) is 5.91 Å². The lowest BCUT2D eigenvalue weighted by Crippen LogP contribution is -2.45. The average molecular weight is 405 g/mol. The van der Waals surface area contributed by atoms with E-state index in [0.717, 1.165) is 8.95 Å². The zero-order chi connectivity index (χ0) is 14.9. The van der Waals surface area contributed by atoms with E-state index in [0.29, 0.717) is 31.5 Å². The van der Waals surface area contributed by atoms with Crippen molar-refractivity contribution in [1.29, 1.82) is 0 Å². The van der Waals surface area contributed by atoms with E-state index in [1.807, 2.05) is 12.1 Å². The van der Waals surface area contributed by atoms with Crippen LogP contribution in [0.15, 0.2) is 27.1 Å². The fourth-order valence-electron chi connectivity index (χ4n) is 2.25. The monoisotopic (exact) mass is 403 g/mol. The number of aliphatic carboxylic acids is 1. The minimum atomic E-state index is -0.783. The van der Waals surface area contributed by atoms with Crippen LogP contribution in [-0.4, -0.2) is 35.0 Å². The van der Waals surface area contributed by atoms with Gasteiger partial charge in [0.05, 0.1) is 11.0 Å². The van der Waals surface area contributed by atoms with Crippen molar-refractivity contribution in [2.24, 2.45) is 5.41 Å². The largest absolute Gasteiger partial charge is 0.481 e. The van der Waals surface area contributed by atoms with E-state index in [4.69, 9.17) is 0 Å². The third kappa shape index (κ3) is 3.06. The molecule has 0 unspecified atom stereocenters. The number of nitrogens with zero attached hydrogens (tertiary/aromatic N) is 1. The Labute approximate surface area is 134 Å². The number of benzene rings is 1. The van der Waals surface area contributed by atoms with Crippen LogP contribution < -0.4 is 0 Å². The van der Waals surface area contributed by atoms with Gasteiger partial charge in [-0.2, -0.15) is 0 Å². The number of rotatable bonds is 2. The van der Waals surface area contributed by atoms with Gasteiger partial charge in [0.15, 0.2) is 0 Å². The summed E-state index contributed by atoms with van der Waals surface area (Å²) in [6.07, 6.45) is 0.977. The molecule has 1 aliphatic rings. The first kappa shape index (κ1) is 15.5. The molecule has 1 saturated heterocycles. The summed E-state index contributed by atoms with van der Waals surface area (Å²) in [4.78, 5) is 25.4. The Kier molecular flexibility index (Phi) is 4.54. The van der Waals surface area contributed by atoms with E-state index < -0.39 is 11.4 Å². The first-order chi connectivity index (χ1) is 9.33. The van der Waals surface area contributed by atoms with Gasteiger partial charge in [-0.1, -0.05) is 15.9 Å². The smallest absolute Gasteiger partial charge is 0.309 e. The molecule has 20 heavy (non-hydrogen) atoms. The van der Waals surface area contributed by atoms with Gasteiger partial charge in [0.1, 0.15) is 0 Å². The number of amides is 1. The van der Waals surface area contributed by atoms with Crippen LogP contribution in [0.25, 0.3) is 0 Å². The standard InChI is InChI=1S/C14H15Br2NO3/c1-14(13(19)20)4-6-17(7-5-14)12(18)10-3-2-9(15)8-11(10)16/h2-3,8H,4-7H2,1H3,(H,19,20). The second-order valence-corrected chi connectivity index (χ2v) is 7.05. The normalized spacial score (nSPS) is 17.9. The molecule has 0 bridgehead atoms. The molecule has 0 aliphatic carbocycles. The maximum absolute atomic E-state index is 12.4. The van der Waals surface area contributed by atoms with Crippen LogP contribution in [0.5, 0.6) is 0 Å². The average Bonchev–Trinajstić information content (AvgIpc) is 2.38. The number of hydrogen-bond donors (Lipinski definition) is 1. The molecule has 0 radical (unpaired) electrons. The van der Waals surface area contributed by atoms with Gasteiger partial charge in [-0.15, -0.1) is 0 Å². The fourth-order valence-corrected chi connectivity index (χ4v) is 3.47. The summed E-state index contributed by atoms with van der Waals surface area (Å²) in [7, 11) is 0. The quantitative estimate of drug-likeness (QED) is 0.820. The van der Waals surface area contributed by atoms with Crippen LogP contribution in [0.4, 0.5) is 0 Å². The molecule has 0 saturated carbocycles. The lowest BCUT2D eigenvalue weighted by atomic mass is 9.80. The highest BCUT2D eigenvalue weighted by molar-refractivity contribution is 9.11. The van der Waals surface area contributed by atoms with Crippen molar-refractivity contribution < 1.29 is 14.7 Å². The molecule has 108 valence electrons. The summed E-state index contributed by atoms with van der Waals surface area (Å²) in [6.45, 7) is 2.70. The number of piperidine rings is 1. The van der Waals surface area contributed by atoms with Crippen molar-refractivity contribution in [1.82, 2.24) is 4.90 Å². The van der Waals surface area contributed by atoms with E-state index in [1.165, 1.54) is 0 Å². The number of halogens is 2. The zero-order valence-electron chi connectivity index (χ0n) is 11.0. The second kappa shape index (κ2) is 5.85. The van der Waals surface area contributed by atoms with Gasteiger partial charge in [0.2, 0.25) is 0 Å². The summed E-state index contributed by atoms with van der Waals surface area (Å²) in [5.74, 6) is -0.841. The summed E-state index contributed by atoms with van der Waals surface area (Å²) in [5, 5.41) is 9.20. The van der Waals surface area contributed by atoms with Gasteiger partial charge >= 0.3 is 5.97 Å². The highest BCUT2D eigenvalue weighted by Gasteiger charge is 2.38. The molecule has 6 heteroatoms. The van der Waals surface area contributed by atoms with Crippen molar-refractivity contribution in [3.05, 3.63) is 32.7 Å². The topological polar surface area (TPSA) is 57.6 Å². The number of hydrogen-bond acceptors (Lipinski definition) is 2. The minimum Gasteiger partial charge on any atom is -0.481 e. The van der Waals surface area contributed by atoms with Crippen molar-refractivity contribution in [2.45, 2.75) is 19.8 Å². The Bertz CT molecular complexity index is 551. The molecule has 0 atom stereocenters. The molecule has 1 fully saturated rings. The molecule has 0 aromatic heterocycles. The Balaban J connectivity index is 2.11. The van der Waals surface area contributed by atoms with Crippen LogP contribution in [0.1, 0.15) is 30.1 Å². The summed E-state index contributed by atoms with van der Waals surface area (Å²) in [5.41, 5.74) is -0.111. The molecular weight excluding hydrogens is 390 g/mol. The highest BCUT2D eigenvalue weighted by Crippen LogP contribution is 2.32. The van der Waals surface area contributed by atoms with E-state index in [2.05, 4.69) is 31.9 Å². The number of carboxylic acid groups (broad SMARTS) is 1. The molecule has 1 aromatic rings. The van der Waals surface area contributed by atoms with Crippen molar-refractivity contribution in [2.75, 3.05) is 13.1 Å². The molecular formula is C14H15Br2NO3. The molecule has 1 aromatic carbocycles. The van der Waals surface area contributed by atoms with Gasteiger partial charge in [-0.25, -0.2) is 0 Å². The van der Waals surface area contributed by atoms with Crippen molar-refractivity contribution >= 4 is 43.7 Å². The Morgan fingerprint density at radius 2 is 1.85 bits per heavy atom. The van der Waals surface area contributed by atoms with Crippen LogP contribution >= 0.6 is 31.9 Å². The lowest BCUT2D eigenvalue weighted by molar-refractivity contribution is -0.150. The van der Waals surface area contributed by atoms with Crippen LogP contribution in [-0.2, 0) is 4.79 Å². The van der Waals surface area contributed by atoms with E-state index in [9.17, 15) is 14.7 Å². The molecule has 1 N–H and O–H groups in total. The van der Waals surface area contributed by atoms with E-state index >= 15 is 0 Å². The van der Waals surface area contributed by atoms with Gasteiger partial charge in [0.25, 0.3) is 5.91 Å². The molecule has 1 amide bonds. The third-order valence-corrected chi connectivity index (χ3v) is 4.98. The first-order valence-electron chi connectivity index (χ1n) is 6.31. The van der Waals surface area contributed by atoms with E-state index in [1.54, 1.807) is 17.9 Å². The predicted octanol–water partition coefficient (Wildman–Crippen LogP) is 3.54. The Morgan fingerprint density at radius 3 is 2.35 bits per heavy atom. The molecule has 4 nitrogen and oxygen atoms in total. The third-order valence-electron chi connectivity index (χ3n) is 3.83. The van der Waals surface area contributed by atoms with Crippen LogP contribution in [0, 0.1) is 5.41 Å². The lowest BCUT2D eigenvalue weighted by Gasteiger charge is -2.36. The Hall–Kier alpha value is -0.880. The van der Waals surface area contributed by atoms with Gasteiger partial charge in [0, 0.05) is 22.0 Å². The summed E-state index contributed by atoms with van der Waals surface area (Å²) < 4.78 is 1.64. The van der Waals surface area contributed by atoms with Crippen molar-refractivity contribution in [3.8, 4) is 0 Å². The summed E-state index contributed by atoms with van der Waals surface area (Å²) >= 11 is 6.74. The maximum Gasteiger partial charge on any atom is 0.309 e. The fraction of sp³-hybridized carbons (Fsp3) is 0.429. The minimum absolute atomic E-state index is 0.0585. The molecule has 0 spiro atoms. The number of carbonyl (C=O) groups is 2. The summed E-state index contributed by atoms with van der Waals surface area (Å²) in [6, 6.07) is 5.42. The van der Waals surface area contributed by atoms with Gasteiger partial charge in [-0.3, -0.25) is 9.59 Å². The van der Waals surface area contributed by atoms with Gasteiger partial charge < -0.3 is 10.0 Å². The number of likely N-dealkylation sites (tertiary alicyclic amines) is 1. The highest BCUT2D eigenvalue weighted by atomic mass is 79.9. The van der Waals surface area contributed by atoms with Gasteiger partial charge in [-0.05, 0) is 53.9 Å². The number of carboxylic acids is 1. The van der Waals surface area contributed by atoms with Crippen LogP contribution in [0.2, 0.25) is 0 Å². The maximum atomic E-state index is 12.4. The molecule has 1 heterocycles. The predicted molar refractivity (Wildman–Crippen MR) is 82.7 cm³/mol. The molecule has 2 rings (SSSR count).